The molecule has 2 aromatic carbocycles. The molecule has 24 heavy (non-hydrogen) atoms. The van der Waals surface area contributed by atoms with Gasteiger partial charge in [-0.3, -0.25) is 0 Å². The van der Waals surface area contributed by atoms with E-state index in [4.69, 9.17) is 9.47 Å². The molecular formula is C19H24N2O3. The molecule has 0 aliphatic heterocycles. The van der Waals surface area contributed by atoms with E-state index in [0.717, 1.165) is 17.2 Å². The lowest BCUT2D eigenvalue weighted by molar-refractivity contribution is 0.0594. The van der Waals surface area contributed by atoms with Crippen LogP contribution in [-0.2, 0) is 4.74 Å². The van der Waals surface area contributed by atoms with Gasteiger partial charge in [-0.25, -0.2) is 4.79 Å². The first-order chi connectivity index (χ1) is 11.6. The molecule has 0 unspecified atom stereocenters. The fraction of sp³-hybridized carbons (Fsp3) is 0.316. The SMILES string of the molecule is CCO[C@H](C)CN(C)C(=O)Nc1ccc(Oc2ccccc2)cc1. The number of carbonyl (C=O) groups excluding carboxylic acids is 1. The van der Waals surface area contributed by atoms with Gasteiger partial charge in [-0.15, -0.1) is 0 Å². The van der Waals surface area contributed by atoms with Gasteiger partial charge >= 0.3 is 6.03 Å². The molecule has 0 aliphatic rings. The third-order valence-electron chi connectivity index (χ3n) is 3.41. The summed E-state index contributed by atoms with van der Waals surface area (Å²) >= 11 is 0. The van der Waals surface area contributed by atoms with Crippen molar-refractivity contribution < 1.29 is 14.3 Å². The van der Waals surface area contributed by atoms with E-state index in [-0.39, 0.29) is 12.1 Å². The fourth-order valence-electron chi connectivity index (χ4n) is 2.26. The van der Waals surface area contributed by atoms with Crippen LogP contribution in [0.3, 0.4) is 0 Å². The second-order valence-corrected chi connectivity index (χ2v) is 5.52. The summed E-state index contributed by atoms with van der Waals surface area (Å²) in [7, 11) is 1.75. The van der Waals surface area contributed by atoms with E-state index < -0.39 is 0 Å². The zero-order chi connectivity index (χ0) is 17.4. The molecule has 0 spiro atoms. The predicted octanol–water partition coefficient (Wildman–Crippen LogP) is 4.37. The van der Waals surface area contributed by atoms with Gasteiger partial charge < -0.3 is 19.7 Å². The molecule has 0 aliphatic carbocycles. The number of para-hydroxylation sites is 1. The predicted molar refractivity (Wildman–Crippen MR) is 95.7 cm³/mol. The van der Waals surface area contributed by atoms with Crippen LogP contribution in [0, 0.1) is 0 Å². The highest BCUT2D eigenvalue weighted by atomic mass is 16.5. The van der Waals surface area contributed by atoms with Crippen LogP contribution < -0.4 is 10.1 Å². The zero-order valence-corrected chi connectivity index (χ0v) is 14.4. The van der Waals surface area contributed by atoms with E-state index >= 15 is 0 Å². The maximum atomic E-state index is 12.2. The molecule has 0 radical (unpaired) electrons. The number of ether oxygens (including phenoxy) is 2. The third kappa shape index (κ3) is 5.59. The average molecular weight is 328 g/mol. The molecule has 0 saturated carbocycles. The largest absolute Gasteiger partial charge is 0.457 e. The zero-order valence-electron chi connectivity index (χ0n) is 14.4. The number of hydrogen-bond acceptors (Lipinski definition) is 3. The number of nitrogens with zero attached hydrogens (tertiary/aromatic N) is 1. The second kappa shape index (κ2) is 8.93. The van der Waals surface area contributed by atoms with Gasteiger partial charge in [0.2, 0.25) is 0 Å². The van der Waals surface area contributed by atoms with Crippen molar-refractivity contribution in [1.82, 2.24) is 4.90 Å². The Hall–Kier alpha value is -2.53. The van der Waals surface area contributed by atoms with Crippen molar-refractivity contribution >= 4 is 11.7 Å². The summed E-state index contributed by atoms with van der Waals surface area (Å²) in [5.74, 6) is 1.50. The normalized spacial score (nSPS) is 11.6. The molecule has 2 amide bonds. The molecular weight excluding hydrogens is 304 g/mol. The van der Waals surface area contributed by atoms with Crippen molar-refractivity contribution in [3.05, 3.63) is 54.6 Å². The first kappa shape index (κ1) is 17.8. The summed E-state index contributed by atoms with van der Waals surface area (Å²) in [6.45, 7) is 5.06. The number of likely N-dealkylation sites (N-methyl/N-ethyl adjacent to an activating group) is 1. The number of carbonyl (C=O) groups is 1. The Balaban J connectivity index is 1.88. The summed E-state index contributed by atoms with van der Waals surface area (Å²) in [5, 5.41) is 2.86. The van der Waals surface area contributed by atoms with Crippen molar-refractivity contribution in [2.75, 3.05) is 25.5 Å². The molecule has 5 heteroatoms. The Morgan fingerprint density at radius 3 is 2.33 bits per heavy atom. The molecule has 1 atom stereocenters. The number of nitrogens with one attached hydrogen (secondary N) is 1. The van der Waals surface area contributed by atoms with Crippen LogP contribution in [0.4, 0.5) is 10.5 Å². The van der Waals surface area contributed by atoms with Crippen LogP contribution in [0.25, 0.3) is 0 Å². The van der Waals surface area contributed by atoms with Crippen LogP contribution in [0.15, 0.2) is 54.6 Å². The van der Waals surface area contributed by atoms with Crippen LogP contribution >= 0.6 is 0 Å². The van der Waals surface area contributed by atoms with Crippen LogP contribution in [0.2, 0.25) is 0 Å². The van der Waals surface area contributed by atoms with Crippen LogP contribution in [-0.4, -0.2) is 37.2 Å². The molecule has 2 rings (SSSR count). The monoisotopic (exact) mass is 328 g/mol. The highest BCUT2D eigenvalue weighted by Crippen LogP contribution is 2.22. The van der Waals surface area contributed by atoms with Gasteiger partial charge in [0.25, 0.3) is 0 Å². The summed E-state index contributed by atoms with van der Waals surface area (Å²) in [5.41, 5.74) is 0.719. The lowest BCUT2D eigenvalue weighted by atomic mass is 10.3. The third-order valence-corrected chi connectivity index (χ3v) is 3.41. The molecule has 0 aromatic heterocycles. The Morgan fingerprint density at radius 1 is 1.08 bits per heavy atom. The Bertz CT molecular complexity index is 629. The Morgan fingerprint density at radius 2 is 1.71 bits per heavy atom. The molecule has 0 bridgehead atoms. The molecule has 5 nitrogen and oxygen atoms in total. The van der Waals surface area contributed by atoms with Gasteiger partial charge in [0, 0.05) is 25.9 Å². The minimum atomic E-state index is -0.168. The fourth-order valence-corrected chi connectivity index (χ4v) is 2.26. The van der Waals surface area contributed by atoms with E-state index in [2.05, 4.69) is 5.32 Å². The molecule has 1 N–H and O–H groups in total. The number of anilines is 1. The Labute approximate surface area is 143 Å². The highest BCUT2D eigenvalue weighted by Gasteiger charge is 2.12. The topological polar surface area (TPSA) is 50.8 Å². The smallest absolute Gasteiger partial charge is 0.321 e. The Kier molecular flexibility index (Phi) is 6.63. The first-order valence-corrected chi connectivity index (χ1v) is 8.05. The van der Waals surface area contributed by atoms with Gasteiger partial charge in [0.05, 0.1) is 6.10 Å². The summed E-state index contributed by atoms with van der Waals surface area (Å²) < 4.78 is 11.2. The average Bonchev–Trinajstić information content (AvgIpc) is 2.57. The molecule has 0 saturated heterocycles. The minimum Gasteiger partial charge on any atom is -0.457 e. The van der Waals surface area contributed by atoms with Crippen molar-refractivity contribution in [3.63, 3.8) is 0 Å². The van der Waals surface area contributed by atoms with Crippen molar-refractivity contribution in [2.24, 2.45) is 0 Å². The van der Waals surface area contributed by atoms with Gasteiger partial charge in [-0.05, 0) is 50.2 Å². The highest BCUT2D eigenvalue weighted by molar-refractivity contribution is 5.89. The summed E-state index contributed by atoms with van der Waals surface area (Å²) in [6.07, 6.45) is 0.00685. The van der Waals surface area contributed by atoms with Crippen molar-refractivity contribution in [2.45, 2.75) is 20.0 Å². The minimum absolute atomic E-state index is 0.00685. The second-order valence-electron chi connectivity index (χ2n) is 5.52. The van der Waals surface area contributed by atoms with Crippen molar-refractivity contribution in [1.29, 1.82) is 0 Å². The van der Waals surface area contributed by atoms with E-state index in [9.17, 15) is 4.79 Å². The van der Waals surface area contributed by atoms with Gasteiger partial charge in [0.1, 0.15) is 11.5 Å². The van der Waals surface area contributed by atoms with Gasteiger partial charge in [0.15, 0.2) is 0 Å². The lowest BCUT2D eigenvalue weighted by Crippen LogP contribution is -2.37. The number of benzene rings is 2. The van der Waals surface area contributed by atoms with E-state index in [1.165, 1.54) is 0 Å². The first-order valence-electron chi connectivity index (χ1n) is 8.05. The molecule has 0 heterocycles. The quantitative estimate of drug-likeness (QED) is 0.821. The standard InChI is InChI=1S/C19H24N2O3/c1-4-23-15(2)14-21(3)19(22)20-16-10-12-18(13-11-16)24-17-8-6-5-7-9-17/h5-13,15H,4,14H2,1-3H3,(H,20,22)/t15-/m1/s1. The maximum Gasteiger partial charge on any atom is 0.321 e. The molecule has 0 fully saturated rings. The number of hydrogen-bond donors (Lipinski definition) is 1. The number of amides is 2. The molecule has 128 valence electrons. The van der Waals surface area contributed by atoms with E-state index in [1.807, 2.05) is 68.4 Å². The van der Waals surface area contributed by atoms with E-state index in [0.29, 0.717) is 13.2 Å². The molecule has 2 aromatic rings. The number of rotatable bonds is 7. The number of urea groups is 1. The van der Waals surface area contributed by atoms with Crippen LogP contribution in [0.1, 0.15) is 13.8 Å². The van der Waals surface area contributed by atoms with Crippen LogP contribution in [0.5, 0.6) is 11.5 Å². The van der Waals surface area contributed by atoms with E-state index in [1.54, 1.807) is 11.9 Å². The van der Waals surface area contributed by atoms with Gasteiger partial charge in [-0.1, -0.05) is 18.2 Å². The summed E-state index contributed by atoms with van der Waals surface area (Å²) in [4.78, 5) is 13.8. The van der Waals surface area contributed by atoms with Crippen molar-refractivity contribution in [3.8, 4) is 11.5 Å². The lowest BCUT2D eigenvalue weighted by Gasteiger charge is -2.22. The van der Waals surface area contributed by atoms with Gasteiger partial charge in [-0.2, -0.15) is 0 Å². The maximum absolute atomic E-state index is 12.2. The summed E-state index contributed by atoms with van der Waals surface area (Å²) in [6, 6.07) is 16.7.